The van der Waals surface area contributed by atoms with Crippen LogP contribution in [0.25, 0.3) is 0 Å². The lowest BCUT2D eigenvalue weighted by Gasteiger charge is -2.28. The molecule has 2 heterocycles. The molecule has 8 heteroatoms. The number of halogens is 3. The minimum absolute atomic E-state index is 0.0517. The SMILES string of the molecule is CCN1CCC(Nc2nc(C3CC3)ns2)C1c1cc(F)c(F)c(F)c1. The molecule has 2 aromatic rings. The van der Waals surface area contributed by atoms with Gasteiger partial charge >= 0.3 is 0 Å². The number of benzene rings is 1. The number of likely N-dealkylation sites (N-methyl/N-ethyl adjacent to an activating group) is 1. The average molecular weight is 368 g/mol. The zero-order valence-electron chi connectivity index (χ0n) is 13.8. The van der Waals surface area contributed by atoms with Gasteiger partial charge in [-0.2, -0.15) is 4.37 Å². The van der Waals surface area contributed by atoms with E-state index in [1.165, 1.54) is 11.5 Å². The van der Waals surface area contributed by atoms with E-state index in [1.807, 2.05) is 6.92 Å². The van der Waals surface area contributed by atoms with Crippen LogP contribution in [0, 0.1) is 17.5 Å². The molecule has 2 atom stereocenters. The van der Waals surface area contributed by atoms with Crippen molar-refractivity contribution in [2.75, 3.05) is 18.4 Å². The van der Waals surface area contributed by atoms with Crippen LogP contribution in [-0.4, -0.2) is 33.4 Å². The van der Waals surface area contributed by atoms with Gasteiger partial charge in [0.1, 0.15) is 5.82 Å². The van der Waals surface area contributed by atoms with E-state index in [0.717, 1.165) is 55.4 Å². The second-order valence-corrected chi connectivity index (χ2v) is 7.40. The zero-order chi connectivity index (χ0) is 17.6. The van der Waals surface area contributed by atoms with Gasteiger partial charge in [-0.1, -0.05) is 6.92 Å². The molecule has 0 amide bonds. The molecule has 1 aliphatic heterocycles. The van der Waals surface area contributed by atoms with Crippen LogP contribution >= 0.6 is 11.5 Å². The van der Waals surface area contributed by atoms with Gasteiger partial charge in [-0.05, 0) is 43.5 Å². The summed E-state index contributed by atoms with van der Waals surface area (Å²) in [6, 6.07) is 1.91. The Kier molecular flexibility index (Phi) is 4.41. The number of likely N-dealkylation sites (tertiary alicyclic amines) is 1. The summed E-state index contributed by atoms with van der Waals surface area (Å²) in [6.07, 6.45) is 3.09. The van der Waals surface area contributed by atoms with Gasteiger partial charge in [0.05, 0.1) is 6.04 Å². The Balaban J connectivity index is 1.59. The standard InChI is InChI=1S/C17H19F3N4S/c1-2-24-6-5-13(21-17-22-16(23-25-17)9-3-4-9)15(24)10-7-11(18)14(20)12(19)8-10/h7-9,13,15H,2-6H2,1H3,(H,21,22,23). The predicted molar refractivity (Wildman–Crippen MR) is 90.2 cm³/mol. The number of hydrogen-bond acceptors (Lipinski definition) is 5. The molecule has 2 fully saturated rings. The molecule has 0 spiro atoms. The van der Waals surface area contributed by atoms with E-state index in [9.17, 15) is 13.2 Å². The lowest BCUT2D eigenvalue weighted by atomic mass is 9.99. The van der Waals surface area contributed by atoms with Crippen LogP contribution in [0.15, 0.2) is 12.1 Å². The van der Waals surface area contributed by atoms with Crippen molar-refractivity contribution in [2.24, 2.45) is 0 Å². The molecule has 1 N–H and O–H groups in total. The summed E-state index contributed by atoms with van der Waals surface area (Å²) < 4.78 is 45.1. The normalized spacial score (nSPS) is 24.0. The zero-order valence-corrected chi connectivity index (χ0v) is 14.6. The summed E-state index contributed by atoms with van der Waals surface area (Å²) >= 11 is 1.32. The van der Waals surface area contributed by atoms with Gasteiger partial charge in [-0.3, -0.25) is 4.90 Å². The fourth-order valence-corrected chi connectivity index (χ4v) is 4.22. The smallest absolute Gasteiger partial charge is 0.202 e. The highest BCUT2D eigenvalue weighted by Crippen LogP contribution is 2.40. The van der Waals surface area contributed by atoms with Crippen molar-refractivity contribution >= 4 is 16.7 Å². The Bertz CT molecular complexity index is 754. The van der Waals surface area contributed by atoms with Crippen molar-refractivity contribution in [3.8, 4) is 0 Å². The lowest BCUT2D eigenvalue weighted by molar-refractivity contribution is 0.263. The highest BCUT2D eigenvalue weighted by atomic mass is 32.1. The third-order valence-corrected chi connectivity index (χ3v) is 5.61. The molecule has 0 bridgehead atoms. The fraction of sp³-hybridized carbons (Fsp3) is 0.529. The van der Waals surface area contributed by atoms with Crippen molar-refractivity contribution in [1.82, 2.24) is 14.3 Å². The number of nitrogens with one attached hydrogen (secondary N) is 1. The molecule has 1 aromatic carbocycles. The monoisotopic (exact) mass is 368 g/mol. The average Bonchev–Trinajstić information content (AvgIpc) is 3.21. The lowest BCUT2D eigenvalue weighted by Crippen LogP contribution is -2.31. The fourth-order valence-electron chi connectivity index (χ4n) is 3.51. The second kappa shape index (κ2) is 6.57. The summed E-state index contributed by atoms with van der Waals surface area (Å²) in [4.78, 5) is 6.67. The first-order chi connectivity index (χ1) is 12.1. The van der Waals surface area contributed by atoms with Crippen LogP contribution in [0.5, 0.6) is 0 Å². The number of anilines is 1. The van der Waals surface area contributed by atoms with Crippen LogP contribution in [0.4, 0.5) is 18.3 Å². The molecular formula is C17H19F3N4S. The summed E-state index contributed by atoms with van der Waals surface area (Å²) in [5, 5.41) is 4.11. The van der Waals surface area contributed by atoms with Crippen LogP contribution in [0.1, 0.15) is 49.5 Å². The minimum atomic E-state index is -1.42. The van der Waals surface area contributed by atoms with Gasteiger partial charge in [0.2, 0.25) is 5.13 Å². The molecule has 2 unspecified atom stereocenters. The van der Waals surface area contributed by atoms with Crippen molar-refractivity contribution in [3.63, 3.8) is 0 Å². The van der Waals surface area contributed by atoms with Crippen LogP contribution < -0.4 is 5.32 Å². The molecule has 0 radical (unpaired) electrons. The molecule has 134 valence electrons. The van der Waals surface area contributed by atoms with E-state index in [-0.39, 0.29) is 12.1 Å². The third-order valence-electron chi connectivity index (χ3n) is 4.95. The number of aromatic nitrogens is 2. The van der Waals surface area contributed by atoms with Crippen LogP contribution in [0.3, 0.4) is 0 Å². The summed E-state index contributed by atoms with van der Waals surface area (Å²) in [6.45, 7) is 3.54. The van der Waals surface area contributed by atoms with E-state index < -0.39 is 17.5 Å². The minimum Gasteiger partial charge on any atom is -0.356 e. The maximum absolute atomic E-state index is 13.7. The molecule has 1 saturated heterocycles. The van der Waals surface area contributed by atoms with Gasteiger partial charge < -0.3 is 5.32 Å². The summed E-state index contributed by atoms with van der Waals surface area (Å²) in [7, 11) is 0. The first-order valence-corrected chi connectivity index (χ1v) is 9.32. The van der Waals surface area contributed by atoms with Gasteiger partial charge in [-0.15, -0.1) is 0 Å². The summed E-state index contributed by atoms with van der Waals surface area (Å²) in [5.41, 5.74) is 0.445. The Morgan fingerprint density at radius 2 is 1.92 bits per heavy atom. The van der Waals surface area contributed by atoms with E-state index in [0.29, 0.717) is 11.5 Å². The largest absolute Gasteiger partial charge is 0.356 e. The third kappa shape index (κ3) is 3.25. The van der Waals surface area contributed by atoms with E-state index in [2.05, 4.69) is 19.6 Å². The predicted octanol–water partition coefficient (Wildman–Crippen LogP) is 4.08. The first kappa shape index (κ1) is 16.8. The topological polar surface area (TPSA) is 41.0 Å². The number of hydrogen-bond donors (Lipinski definition) is 1. The molecule has 1 aliphatic carbocycles. The Morgan fingerprint density at radius 1 is 1.20 bits per heavy atom. The first-order valence-electron chi connectivity index (χ1n) is 8.55. The van der Waals surface area contributed by atoms with Crippen LogP contribution in [0.2, 0.25) is 0 Å². The van der Waals surface area contributed by atoms with E-state index in [1.54, 1.807) is 0 Å². The molecular weight excluding hydrogens is 349 g/mol. The molecule has 1 aromatic heterocycles. The molecule has 25 heavy (non-hydrogen) atoms. The van der Waals surface area contributed by atoms with Crippen molar-refractivity contribution in [1.29, 1.82) is 0 Å². The molecule has 4 rings (SSSR count). The maximum atomic E-state index is 13.7. The number of rotatable bonds is 5. The quantitative estimate of drug-likeness (QED) is 0.808. The highest BCUT2D eigenvalue weighted by molar-refractivity contribution is 7.09. The van der Waals surface area contributed by atoms with Gasteiger partial charge in [0, 0.05) is 30.0 Å². The Morgan fingerprint density at radius 3 is 2.56 bits per heavy atom. The second-order valence-electron chi connectivity index (χ2n) is 6.64. The van der Waals surface area contributed by atoms with Gasteiger partial charge in [0.25, 0.3) is 0 Å². The van der Waals surface area contributed by atoms with Gasteiger partial charge in [-0.25, -0.2) is 18.2 Å². The Labute approximate surface area is 148 Å². The van der Waals surface area contributed by atoms with Crippen molar-refractivity contribution < 1.29 is 13.2 Å². The van der Waals surface area contributed by atoms with E-state index in [4.69, 9.17) is 0 Å². The van der Waals surface area contributed by atoms with Gasteiger partial charge in [0.15, 0.2) is 17.5 Å². The Hall–Kier alpha value is -1.67. The summed E-state index contributed by atoms with van der Waals surface area (Å²) in [5.74, 6) is -2.35. The molecule has 1 saturated carbocycles. The highest BCUT2D eigenvalue weighted by Gasteiger charge is 2.36. The molecule has 2 aliphatic rings. The van der Waals surface area contributed by atoms with E-state index >= 15 is 0 Å². The van der Waals surface area contributed by atoms with Crippen LogP contribution in [-0.2, 0) is 0 Å². The number of nitrogens with zero attached hydrogens (tertiary/aromatic N) is 3. The van der Waals surface area contributed by atoms with Crippen molar-refractivity contribution in [2.45, 2.75) is 44.2 Å². The van der Waals surface area contributed by atoms with Crippen molar-refractivity contribution in [3.05, 3.63) is 41.0 Å². The maximum Gasteiger partial charge on any atom is 0.202 e. The molecule has 4 nitrogen and oxygen atoms in total.